The van der Waals surface area contributed by atoms with Crippen LogP contribution in [0.5, 0.6) is 0 Å². The van der Waals surface area contributed by atoms with Gasteiger partial charge in [0.2, 0.25) is 17.1 Å². The lowest BCUT2D eigenvalue weighted by Gasteiger charge is -2.37. The lowest BCUT2D eigenvalue weighted by Crippen LogP contribution is -2.61. The molecule has 99 heavy (non-hydrogen) atoms. The van der Waals surface area contributed by atoms with Crippen LogP contribution in [0.25, 0.3) is 34.0 Å². The van der Waals surface area contributed by atoms with Gasteiger partial charge in [0, 0.05) is 29.8 Å². The maximum Gasteiger partial charge on any atom is 0.316 e. The molecule has 2 saturated heterocycles. The fourth-order valence-corrected chi connectivity index (χ4v) is 12.7. The molecule has 0 radical (unpaired) electrons. The molecule has 2 aliphatic carbocycles. The van der Waals surface area contributed by atoms with E-state index in [1.807, 2.05) is 98.8 Å². The number of rotatable bonds is 5. The zero-order valence-electron chi connectivity index (χ0n) is 59.0. The monoisotopic (exact) mass is 1390 g/mol. The Balaban J connectivity index is 0.000000234. The Morgan fingerprint density at radius 3 is 1.28 bits per heavy atom. The number of aliphatic hydroxyl groups is 1. The number of esters is 3. The molecule has 25 heteroatoms. The summed E-state index contributed by atoms with van der Waals surface area (Å²) >= 11 is 4.97. The summed E-state index contributed by atoms with van der Waals surface area (Å²) < 4.78 is 17.7. The van der Waals surface area contributed by atoms with Crippen molar-refractivity contribution in [1.29, 1.82) is 0 Å². The predicted octanol–water partition coefficient (Wildman–Crippen LogP) is 8.47. The van der Waals surface area contributed by atoms with Crippen molar-refractivity contribution >= 4 is 104 Å². The molecule has 4 fully saturated rings. The van der Waals surface area contributed by atoms with Gasteiger partial charge in [0.05, 0.1) is 57.4 Å². The summed E-state index contributed by atoms with van der Waals surface area (Å²) in [6, 6.07) is 15.4. The lowest BCUT2D eigenvalue weighted by atomic mass is 9.72. The molecule has 4 aliphatic heterocycles. The van der Waals surface area contributed by atoms with Gasteiger partial charge in [-0.1, -0.05) is 116 Å². The lowest BCUT2D eigenvalue weighted by molar-refractivity contribution is -0.170. The van der Waals surface area contributed by atoms with Gasteiger partial charge in [-0.3, -0.25) is 67.9 Å². The third kappa shape index (κ3) is 19.6. The van der Waals surface area contributed by atoms with Gasteiger partial charge in [0.25, 0.3) is 23.6 Å². The van der Waals surface area contributed by atoms with E-state index >= 15 is 0 Å². The first-order valence-corrected chi connectivity index (χ1v) is 35.3. The summed E-state index contributed by atoms with van der Waals surface area (Å²) in [5.74, 6) is -4.82. The van der Waals surface area contributed by atoms with Crippen LogP contribution >= 0.6 is 11.6 Å². The fourth-order valence-electron chi connectivity index (χ4n) is 12.7. The third-order valence-electron chi connectivity index (χ3n) is 19.2. The Hall–Kier alpha value is -8.19. The van der Waals surface area contributed by atoms with Gasteiger partial charge in [-0.25, -0.2) is 10.9 Å². The molecule has 536 valence electrons. The highest BCUT2D eigenvalue weighted by Crippen LogP contribution is 2.43. The second-order valence-electron chi connectivity index (χ2n) is 28.5. The highest BCUT2D eigenvalue weighted by molar-refractivity contribution is 6.63. The van der Waals surface area contributed by atoms with Crippen LogP contribution in [0.2, 0.25) is 0 Å². The second-order valence-corrected chi connectivity index (χ2v) is 28.9. The highest BCUT2D eigenvalue weighted by atomic mass is 35.5. The number of hydrogen-bond donors (Lipinski definition) is 7. The number of carbonyl (C=O) groups is 10. The molecular formula is C74H99ClN10O14. The Morgan fingerprint density at radius 2 is 0.909 bits per heavy atom. The van der Waals surface area contributed by atoms with E-state index in [1.165, 1.54) is 10.0 Å². The number of aromatic nitrogens is 2. The van der Waals surface area contributed by atoms with E-state index in [0.717, 1.165) is 32.9 Å². The van der Waals surface area contributed by atoms with Crippen LogP contribution in [-0.4, -0.2) is 145 Å². The van der Waals surface area contributed by atoms with Gasteiger partial charge in [0.15, 0.2) is 12.2 Å². The molecule has 6 aliphatic rings. The van der Waals surface area contributed by atoms with E-state index in [4.69, 9.17) is 35.8 Å². The number of fused-ring (bicyclic) bond motifs is 8. The zero-order valence-corrected chi connectivity index (χ0v) is 59.7. The van der Waals surface area contributed by atoms with Gasteiger partial charge in [0.1, 0.15) is 30.3 Å². The quantitative estimate of drug-likeness (QED) is 0.0559. The van der Waals surface area contributed by atoms with Crippen molar-refractivity contribution in [3.8, 4) is 0 Å². The van der Waals surface area contributed by atoms with E-state index in [1.54, 1.807) is 69.2 Å². The van der Waals surface area contributed by atoms with Crippen molar-refractivity contribution in [1.82, 2.24) is 52.1 Å². The van der Waals surface area contributed by atoms with Gasteiger partial charge in [-0.15, -0.1) is 0 Å². The third-order valence-corrected chi connectivity index (χ3v) is 19.6. The van der Waals surface area contributed by atoms with Gasteiger partial charge in [-0.2, -0.15) is 0 Å². The van der Waals surface area contributed by atoms with Crippen LogP contribution in [-0.2, 0) is 62.2 Å². The van der Waals surface area contributed by atoms with E-state index in [-0.39, 0.29) is 58.8 Å². The minimum absolute atomic E-state index is 0.0216. The Labute approximate surface area is 584 Å². The number of carbonyl (C=O) groups excluding carboxylic acids is 10. The second kappa shape index (κ2) is 33.8. The molecule has 2 aromatic heterocycles. The number of amides is 6. The maximum absolute atomic E-state index is 14.2. The summed E-state index contributed by atoms with van der Waals surface area (Å²) in [6.07, 6.45) is 9.84. The van der Waals surface area contributed by atoms with Crippen LogP contribution in [0.4, 0.5) is 0 Å². The van der Waals surface area contributed by atoms with Crippen molar-refractivity contribution < 1.29 is 67.3 Å². The molecule has 2 saturated carbocycles. The topological polar surface area (TPSA) is 323 Å². The van der Waals surface area contributed by atoms with Crippen molar-refractivity contribution in [2.24, 2.45) is 34.5 Å². The molecule has 2 aromatic carbocycles. The molecule has 4 aromatic rings. The number of nitrogens with one attached hydrogen (secondary N) is 6. The van der Waals surface area contributed by atoms with Gasteiger partial charge >= 0.3 is 17.9 Å². The number of aliphatic hydroxyl groups excluding tert-OH is 1. The number of hydrogen-bond acceptors (Lipinski definition) is 18. The number of hydrazine groups is 2. The standard InChI is InChI=1S/C37H49N5O7.C33H43N5O6.C4H7ClO/c1-21(2)31-33(44)39-24(6)34(45)42-19-7-8-29(41-42)32(43)38-23(5)28-12-11-26-10-9-25(20-30(26)40-28)13-16-37(36(47)49-31)17-14-27(15-18-37)48-35(46)22(3)4;1-19(2)28-30(41)35-21(4)31(42)38-17-5-6-26(37-38)29(40)34-20(3)25-10-9-23-8-7-22(18-27(23)36-25)11-14-33(32(43)44-28)15-12-24(39)13-16-33;1-3(2)4(5)6/h9-13,16,20-24,27,29,31,41H,7-8,14-15,17-19H2,1-6H3,(H,38,43)(H,39,44);7-11,14,18-21,24,26,28,37,39H,5-6,12-13,15-17H2,1-4H3,(H,34,40)(H,35,41);3H,1-2H3/b16-13+;14-11+;/t23-,24+,27?,29?,31+,37?;20-,21+,24?,26?,28+,33?;/m11./s1. The first kappa shape index (κ1) is 76.6. The molecule has 10 rings (SSSR count). The van der Waals surface area contributed by atoms with Crippen molar-refractivity contribution in [3.05, 3.63) is 95.3 Å². The number of halogens is 1. The summed E-state index contributed by atoms with van der Waals surface area (Å²) in [5.41, 5.74) is 8.46. The summed E-state index contributed by atoms with van der Waals surface area (Å²) in [7, 11) is 0. The van der Waals surface area contributed by atoms with Crippen LogP contribution < -0.4 is 32.1 Å². The Morgan fingerprint density at radius 1 is 0.535 bits per heavy atom. The van der Waals surface area contributed by atoms with Crippen molar-refractivity contribution in [2.75, 3.05) is 13.1 Å². The molecule has 6 heterocycles. The summed E-state index contributed by atoms with van der Waals surface area (Å²) in [4.78, 5) is 140. The first-order valence-electron chi connectivity index (χ1n) is 34.9. The van der Waals surface area contributed by atoms with Crippen LogP contribution in [0, 0.1) is 34.5 Å². The minimum atomic E-state index is -1.16. The average molecular weight is 1390 g/mol. The van der Waals surface area contributed by atoms with E-state index in [0.29, 0.717) is 102 Å². The Kier molecular flexibility index (Phi) is 26.1. The molecular weight excluding hydrogens is 1290 g/mol. The van der Waals surface area contributed by atoms with Crippen LogP contribution in [0.15, 0.2) is 72.8 Å². The van der Waals surface area contributed by atoms with E-state index in [9.17, 15) is 53.1 Å². The molecule has 2 spiro atoms. The highest BCUT2D eigenvalue weighted by Gasteiger charge is 2.46. The molecule has 8 atom stereocenters. The van der Waals surface area contributed by atoms with Gasteiger partial charge in [-0.05, 0) is 164 Å². The molecule has 2 unspecified atom stereocenters. The summed E-state index contributed by atoms with van der Waals surface area (Å²) in [5, 5.41) is 26.1. The zero-order chi connectivity index (χ0) is 72.2. The predicted molar refractivity (Wildman–Crippen MR) is 373 cm³/mol. The number of nitrogens with zero attached hydrogens (tertiary/aromatic N) is 4. The largest absolute Gasteiger partial charge is 0.462 e. The van der Waals surface area contributed by atoms with Gasteiger partial charge < -0.3 is 40.6 Å². The molecule has 6 amide bonds. The van der Waals surface area contributed by atoms with Crippen molar-refractivity contribution in [3.63, 3.8) is 0 Å². The number of ether oxygens (including phenoxy) is 3. The average Bonchev–Trinajstić information content (AvgIpc) is 1.85. The van der Waals surface area contributed by atoms with Crippen molar-refractivity contribution in [2.45, 2.75) is 221 Å². The Bertz CT molecular complexity index is 3690. The smallest absolute Gasteiger partial charge is 0.316 e. The number of benzene rings is 2. The molecule has 10 bridgehead atoms. The SMILES string of the molecule is CC(C)C(=O)Cl.CC(C)C(=O)OC1CCC2(/C=C/c3ccc4ccc(nc4c3)[C@@H](C)NC(=O)C3CCCN(N3)C(=O)[C@H](C)NC(=O)[C@H](C(C)C)OC2=O)CC1.CC(C)[C@@H]1OC(=O)C2(/C=C/c3ccc4ccc(nc4c3)[C@@H](C)NC(=O)C3CCCN(N3)C(=O)[C@H](C)NC1=O)CCC(O)CC2. The van der Waals surface area contributed by atoms with E-state index < -0.39 is 94.9 Å². The van der Waals surface area contributed by atoms with Crippen LogP contribution in [0.3, 0.4) is 0 Å². The van der Waals surface area contributed by atoms with E-state index in [2.05, 4.69) is 32.1 Å². The minimum Gasteiger partial charge on any atom is -0.462 e. The summed E-state index contributed by atoms with van der Waals surface area (Å²) in [6.45, 7) is 21.9. The maximum atomic E-state index is 14.2. The first-order chi connectivity index (χ1) is 46.9. The molecule has 7 N–H and O–H groups in total. The van der Waals surface area contributed by atoms with Crippen LogP contribution in [0.1, 0.15) is 195 Å². The number of pyridine rings is 2. The number of cyclic esters (lactones) is 2. The normalized spacial score (nSPS) is 29.2. The fraction of sp³-hybridized carbons (Fsp3) is 0.568. The molecule has 24 nitrogen and oxygen atoms in total.